The van der Waals surface area contributed by atoms with E-state index in [1.807, 2.05) is 11.8 Å². The van der Waals surface area contributed by atoms with Crippen LogP contribution in [0.25, 0.3) is 0 Å². The number of aromatic hydroxyl groups is 1. The Hall–Kier alpha value is -3.59. The van der Waals surface area contributed by atoms with Crippen molar-refractivity contribution in [3.63, 3.8) is 0 Å². The molecule has 13 nitrogen and oxygen atoms in total. The van der Waals surface area contributed by atoms with Gasteiger partial charge in [-0.15, -0.1) is 0 Å². The lowest BCUT2D eigenvalue weighted by atomic mass is 9.58. The Morgan fingerprint density at radius 2 is 1.74 bits per heavy atom. The molecule has 0 bridgehead atoms. The fourth-order valence-corrected chi connectivity index (χ4v) is 9.14. The molecule has 6 rings (SSSR count). The second-order valence-corrected chi connectivity index (χ2v) is 14.7. The molecule has 2 saturated heterocycles. The summed E-state index contributed by atoms with van der Waals surface area (Å²) >= 11 is 1.94. The maximum atomic E-state index is 14.2. The third-order valence-corrected chi connectivity index (χ3v) is 11.5. The van der Waals surface area contributed by atoms with Crippen molar-refractivity contribution in [2.24, 2.45) is 23.5 Å². The minimum atomic E-state index is -2.72. The minimum absolute atomic E-state index is 0.00422. The van der Waals surface area contributed by atoms with Crippen molar-refractivity contribution >= 4 is 46.5 Å². The Kier molecular flexibility index (Phi) is 8.15. The van der Waals surface area contributed by atoms with Crippen LogP contribution >= 0.6 is 11.8 Å². The van der Waals surface area contributed by atoms with Crippen molar-refractivity contribution in [2.45, 2.75) is 43.4 Å². The van der Waals surface area contributed by atoms with E-state index in [0.29, 0.717) is 30.4 Å². The van der Waals surface area contributed by atoms with Crippen molar-refractivity contribution in [1.82, 2.24) is 9.80 Å². The zero-order chi connectivity index (χ0) is 33.4. The molecule has 0 unspecified atom stereocenters. The molecule has 0 aromatic heterocycles. The number of nitrogens with two attached hydrogens (primary N) is 1. The number of phenolic OH excluding ortho intramolecular Hbond substituents is 1. The number of benzene rings is 1. The minimum Gasteiger partial charge on any atom is -0.510 e. The number of carbonyl (C=O) groups excluding carboxylic acids is 4. The summed E-state index contributed by atoms with van der Waals surface area (Å²) in [6.07, 6.45) is 2.35. The Morgan fingerprint density at radius 3 is 2.33 bits per heavy atom. The van der Waals surface area contributed by atoms with Crippen molar-refractivity contribution in [1.29, 1.82) is 0 Å². The van der Waals surface area contributed by atoms with E-state index in [0.717, 1.165) is 24.3 Å². The molecule has 4 atom stereocenters. The molecule has 1 aromatic carbocycles. The van der Waals surface area contributed by atoms with Gasteiger partial charge in [0, 0.05) is 50.4 Å². The highest BCUT2D eigenvalue weighted by atomic mass is 32.2. The molecular weight excluding hydrogens is 614 g/mol. The van der Waals surface area contributed by atoms with Gasteiger partial charge in [0.25, 0.3) is 5.91 Å². The van der Waals surface area contributed by atoms with E-state index in [-0.39, 0.29) is 41.5 Å². The second-order valence-electron chi connectivity index (χ2n) is 13.5. The van der Waals surface area contributed by atoms with Gasteiger partial charge in [0.15, 0.2) is 17.1 Å². The molecule has 0 radical (unpaired) electrons. The van der Waals surface area contributed by atoms with E-state index < -0.39 is 63.8 Å². The number of nitrogens with one attached hydrogen (secondary N) is 1. The Balaban J connectivity index is 1.37. The highest BCUT2D eigenvalue weighted by Crippen LogP contribution is 2.54. The van der Waals surface area contributed by atoms with Gasteiger partial charge in [-0.1, -0.05) is 0 Å². The molecule has 3 aliphatic carbocycles. The highest BCUT2D eigenvalue weighted by Gasteiger charge is 2.63. The summed E-state index contributed by atoms with van der Waals surface area (Å²) in [4.78, 5) is 58.9. The van der Waals surface area contributed by atoms with Crippen LogP contribution in [-0.2, 0) is 20.8 Å². The predicted octanol–water partition coefficient (Wildman–Crippen LogP) is 0.953. The third kappa shape index (κ3) is 4.79. The van der Waals surface area contributed by atoms with Crippen molar-refractivity contribution in [3.8, 4) is 5.75 Å². The Bertz CT molecular complexity index is 1590. The number of nitrogens with zero attached hydrogens (tertiary/aromatic N) is 3. The number of hydrogen-bond acceptors (Lipinski definition) is 12. The average Bonchev–Trinajstić information content (AvgIpc) is 2.95. The van der Waals surface area contributed by atoms with Crippen LogP contribution in [0, 0.1) is 17.8 Å². The number of ketones is 2. The topological polar surface area (TPSA) is 197 Å². The summed E-state index contributed by atoms with van der Waals surface area (Å²) in [5.41, 5.74) is 2.57. The SMILES string of the molecule is CN(C)c1cc(NC(=O)C2CN(C3CCSCC3)C2)c(O)c2c1C[C@H]1C[C@H]3[C@H](N(C)C)C(O)=C(C(N)=O)C(=O)[C@@]3(O)C(O)=C1C2=O. The van der Waals surface area contributed by atoms with Gasteiger partial charge in [-0.2, -0.15) is 11.8 Å². The fourth-order valence-electron chi connectivity index (χ4n) is 8.05. The number of rotatable bonds is 6. The van der Waals surface area contributed by atoms with E-state index in [2.05, 4.69) is 10.2 Å². The first kappa shape index (κ1) is 32.4. The normalized spacial score (nSPS) is 28.9. The zero-order valence-electron chi connectivity index (χ0n) is 26.4. The van der Waals surface area contributed by atoms with Gasteiger partial charge >= 0.3 is 0 Å². The molecule has 46 heavy (non-hydrogen) atoms. The van der Waals surface area contributed by atoms with Crippen molar-refractivity contribution < 1.29 is 39.6 Å². The lowest BCUT2D eigenvalue weighted by Gasteiger charge is -2.50. The second kappa shape index (κ2) is 11.6. The van der Waals surface area contributed by atoms with Gasteiger partial charge in [0.05, 0.1) is 23.2 Å². The number of anilines is 2. The maximum Gasteiger partial charge on any atom is 0.255 e. The summed E-state index contributed by atoms with van der Waals surface area (Å²) < 4.78 is 0. The summed E-state index contributed by atoms with van der Waals surface area (Å²) in [7, 11) is 6.71. The predicted molar refractivity (Wildman–Crippen MR) is 172 cm³/mol. The number of allylic oxidation sites excluding steroid dienone is 1. The number of hydrogen-bond donors (Lipinski definition) is 6. The average molecular weight is 656 g/mol. The number of amides is 2. The molecule has 2 heterocycles. The highest BCUT2D eigenvalue weighted by molar-refractivity contribution is 7.99. The third-order valence-electron chi connectivity index (χ3n) is 10.4. The van der Waals surface area contributed by atoms with Crippen LogP contribution in [0.3, 0.4) is 0 Å². The van der Waals surface area contributed by atoms with Crippen LogP contribution in [0.1, 0.15) is 35.2 Å². The molecule has 0 spiro atoms. The fraction of sp³-hybridized carbons (Fsp3) is 0.562. The molecule has 2 fully saturated rings. The van der Waals surface area contributed by atoms with Crippen molar-refractivity contribution in [3.05, 3.63) is 39.9 Å². The molecule has 248 valence electrons. The van der Waals surface area contributed by atoms with Crippen LogP contribution in [0.5, 0.6) is 5.75 Å². The number of aliphatic hydroxyl groups is 3. The number of carbonyl (C=O) groups is 4. The van der Waals surface area contributed by atoms with E-state index in [1.165, 1.54) is 4.90 Å². The Morgan fingerprint density at radius 1 is 1.09 bits per heavy atom. The van der Waals surface area contributed by atoms with Crippen LogP contribution in [-0.4, -0.2) is 124 Å². The van der Waals surface area contributed by atoms with Crippen molar-refractivity contribution in [2.75, 3.05) is 63.0 Å². The largest absolute Gasteiger partial charge is 0.510 e. The number of likely N-dealkylation sites (tertiary alicyclic amines) is 1. The summed E-state index contributed by atoms with van der Waals surface area (Å²) in [5.74, 6) is -5.49. The molecule has 14 heteroatoms. The number of likely N-dealkylation sites (N-methyl/N-ethyl adjacent to an activating group) is 1. The van der Waals surface area contributed by atoms with E-state index >= 15 is 0 Å². The summed E-state index contributed by atoms with van der Waals surface area (Å²) in [6.45, 7) is 1.24. The number of aliphatic hydroxyl groups excluding tert-OH is 2. The maximum absolute atomic E-state index is 14.2. The summed E-state index contributed by atoms with van der Waals surface area (Å²) in [6, 6.07) is 1.04. The molecule has 5 aliphatic rings. The molecule has 0 saturated carbocycles. The molecule has 1 aromatic rings. The first-order valence-electron chi connectivity index (χ1n) is 15.5. The van der Waals surface area contributed by atoms with Crippen LogP contribution in [0.4, 0.5) is 11.4 Å². The van der Waals surface area contributed by atoms with Gasteiger partial charge in [-0.05, 0) is 68.8 Å². The quantitative estimate of drug-likeness (QED) is 0.188. The smallest absolute Gasteiger partial charge is 0.255 e. The number of phenols is 1. The summed E-state index contributed by atoms with van der Waals surface area (Å²) in [5, 5.41) is 48.7. The number of primary amides is 1. The van der Waals surface area contributed by atoms with Gasteiger partial charge < -0.3 is 36.4 Å². The van der Waals surface area contributed by atoms with Crippen LogP contribution in [0.2, 0.25) is 0 Å². The molecule has 2 aliphatic heterocycles. The van der Waals surface area contributed by atoms with E-state index in [1.54, 1.807) is 39.2 Å². The van der Waals surface area contributed by atoms with E-state index in [4.69, 9.17) is 5.73 Å². The van der Waals surface area contributed by atoms with Gasteiger partial charge in [0.1, 0.15) is 17.1 Å². The first-order chi connectivity index (χ1) is 21.7. The standard InChI is InChI=1S/C32H41N5O8S/c1-35(2)20-11-19(34-31(44)15-12-37(13-15)16-5-7-46-8-6-16)25(38)22-17(20)9-14-10-18-24(36(3)4)27(40)23(30(33)43)29(42)32(18,45)28(41)21(14)26(22)39/h11,14-16,18,24,38,40-41,45H,5-10,12-13H2,1-4H3,(H2,33,43)(H,34,44)/t14-,18-,24-,32-/m0/s1. The lowest BCUT2D eigenvalue weighted by molar-refractivity contribution is -0.148. The van der Waals surface area contributed by atoms with Crippen LogP contribution < -0.4 is 16.0 Å². The number of thioether (sulfide) groups is 1. The van der Waals surface area contributed by atoms with Gasteiger partial charge in [-0.25, -0.2) is 0 Å². The first-order valence-corrected chi connectivity index (χ1v) is 16.7. The van der Waals surface area contributed by atoms with Gasteiger partial charge in [-0.3, -0.25) is 29.0 Å². The zero-order valence-corrected chi connectivity index (χ0v) is 27.2. The van der Waals surface area contributed by atoms with Crippen LogP contribution in [0.15, 0.2) is 28.7 Å². The lowest BCUT2D eigenvalue weighted by Crippen LogP contribution is -2.63. The number of fused-ring (bicyclic) bond motifs is 3. The Labute approximate surface area is 271 Å². The molecule has 7 N–H and O–H groups in total. The van der Waals surface area contributed by atoms with E-state index in [9.17, 15) is 39.6 Å². The number of Topliss-reactive ketones (excluding diaryl/α,β-unsaturated/α-hetero) is 2. The van der Waals surface area contributed by atoms with Gasteiger partial charge in [0.2, 0.25) is 11.7 Å². The monoisotopic (exact) mass is 655 g/mol. The molecular formula is C32H41N5O8S. The molecule has 2 amide bonds.